The van der Waals surface area contributed by atoms with Crippen LogP contribution in [0, 0.1) is 0 Å². The third-order valence-corrected chi connectivity index (χ3v) is 2.72. The lowest BCUT2D eigenvalue weighted by Crippen LogP contribution is -1.85. The second-order valence-electron chi connectivity index (χ2n) is 3.74. The molecule has 0 amide bonds. The van der Waals surface area contributed by atoms with Crippen LogP contribution in [0.2, 0.25) is 0 Å². The second-order valence-corrected chi connectivity index (χ2v) is 3.74. The Labute approximate surface area is 92.7 Å². The van der Waals surface area contributed by atoms with E-state index in [0.717, 1.165) is 15.7 Å². The minimum Gasteiger partial charge on any atom is -0.179 e. The fourth-order valence-corrected chi connectivity index (χ4v) is 1.93. The van der Waals surface area contributed by atoms with E-state index >= 15 is 0 Å². The van der Waals surface area contributed by atoms with Crippen LogP contribution >= 0.6 is 0 Å². The highest BCUT2D eigenvalue weighted by molar-refractivity contribution is 5.86. The number of rotatable bonds is 1. The molecule has 3 aromatic rings. The lowest BCUT2D eigenvalue weighted by Gasteiger charge is -1.99. The van der Waals surface area contributed by atoms with Crippen molar-refractivity contribution in [3.8, 4) is 11.3 Å². The number of para-hydroxylation sites is 1. The van der Waals surface area contributed by atoms with Crippen LogP contribution in [0.1, 0.15) is 0 Å². The molecule has 0 unspecified atom stereocenters. The summed E-state index contributed by atoms with van der Waals surface area (Å²) < 4.78 is 14.0. The summed E-state index contributed by atoms with van der Waals surface area (Å²) in [4.78, 5) is 0.741. The van der Waals surface area contributed by atoms with Gasteiger partial charge >= 0.3 is 0 Å². The molecule has 0 atom stereocenters. The minimum atomic E-state index is 0.599. The van der Waals surface area contributed by atoms with E-state index in [1.54, 1.807) is 6.07 Å². The second kappa shape index (κ2) is 3.49. The maximum Gasteiger partial charge on any atom is 0.0826 e. The molecule has 0 fully saturated rings. The summed E-state index contributed by atoms with van der Waals surface area (Å²) in [6.07, 6.45) is 0. The molecule has 16 heavy (non-hydrogen) atoms. The first-order chi connectivity index (χ1) is 7.86. The summed E-state index contributed by atoms with van der Waals surface area (Å²) >= 11 is 0. The monoisotopic (exact) mass is 211 g/mol. The van der Waals surface area contributed by atoms with E-state index in [0.29, 0.717) is 11.2 Å². The zero-order valence-electron chi connectivity index (χ0n) is 8.60. The van der Waals surface area contributed by atoms with Gasteiger partial charge in [0.25, 0.3) is 0 Å². The molecular weight excluding hydrogens is 201 g/mol. The maximum absolute atomic E-state index is 14.0. The molecule has 0 saturated heterocycles. The molecule has 1 nitrogen and oxygen atoms in total. The first kappa shape index (κ1) is 9.16. The van der Waals surface area contributed by atoms with Crippen LogP contribution in [0.5, 0.6) is 0 Å². The van der Waals surface area contributed by atoms with Crippen LogP contribution in [-0.2, 0) is 0 Å². The molecule has 1 aromatic heterocycles. The molecule has 78 valence electrons. The highest BCUT2D eigenvalue weighted by atomic mass is 19.2. The molecule has 0 bridgehead atoms. The minimum absolute atomic E-state index is 0.599. The van der Waals surface area contributed by atoms with Crippen LogP contribution in [0.3, 0.4) is 0 Å². The maximum atomic E-state index is 14.0. The molecule has 0 spiro atoms. The summed E-state index contributed by atoms with van der Waals surface area (Å²) in [6, 6.07) is 18.9. The molecule has 0 radical (unpaired) electrons. The van der Waals surface area contributed by atoms with E-state index < -0.39 is 0 Å². The Kier molecular flexibility index (Phi) is 2.00. The van der Waals surface area contributed by atoms with Crippen LogP contribution in [0.15, 0.2) is 60.7 Å². The first-order valence-corrected chi connectivity index (χ1v) is 5.18. The smallest absolute Gasteiger partial charge is 0.0826 e. The van der Waals surface area contributed by atoms with Crippen LogP contribution in [-0.4, -0.2) is 4.79 Å². The van der Waals surface area contributed by atoms with E-state index in [-0.39, 0.29) is 0 Å². The van der Waals surface area contributed by atoms with Gasteiger partial charge in [0.2, 0.25) is 0 Å². The zero-order chi connectivity index (χ0) is 11.0. The van der Waals surface area contributed by atoms with Crippen LogP contribution in [0.25, 0.3) is 22.2 Å². The average molecular weight is 211 g/mol. The number of halogens is 1. The normalized spacial score (nSPS) is 10.8. The van der Waals surface area contributed by atoms with Gasteiger partial charge in [-0.15, -0.1) is 0 Å². The van der Waals surface area contributed by atoms with Crippen molar-refractivity contribution in [2.24, 2.45) is 0 Å². The summed E-state index contributed by atoms with van der Waals surface area (Å²) in [5.74, 6) is 0. The Morgan fingerprint density at radius 3 is 2.25 bits per heavy atom. The average Bonchev–Trinajstić information content (AvgIpc) is 2.69. The van der Waals surface area contributed by atoms with Gasteiger partial charge in [0.1, 0.15) is 0 Å². The lowest BCUT2D eigenvalue weighted by molar-refractivity contribution is 0.394. The topological polar surface area (TPSA) is 4.93 Å². The summed E-state index contributed by atoms with van der Waals surface area (Å²) in [5, 5.41) is 0.920. The van der Waals surface area contributed by atoms with Gasteiger partial charge in [-0.2, -0.15) is 4.79 Å². The number of hydrogen-bond donors (Lipinski definition) is 0. The quantitative estimate of drug-likeness (QED) is 0.572. The first-order valence-electron chi connectivity index (χ1n) is 5.18. The highest BCUT2D eigenvalue weighted by Crippen LogP contribution is 2.27. The number of aromatic nitrogens is 1. The van der Waals surface area contributed by atoms with Crippen molar-refractivity contribution >= 4 is 10.9 Å². The van der Waals surface area contributed by atoms with Crippen molar-refractivity contribution < 1.29 is 4.48 Å². The third-order valence-electron chi connectivity index (χ3n) is 2.72. The van der Waals surface area contributed by atoms with E-state index in [1.165, 1.54) is 0 Å². The zero-order valence-corrected chi connectivity index (χ0v) is 8.60. The Balaban J connectivity index is 2.29. The summed E-state index contributed by atoms with van der Waals surface area (Å²) in [5.41, 5.74) is 2.10. The summed E-state index contributed by atoms with van der Waals surface area (Å²) in [6.45, 7) is 0. The number of fused-ring (bicyclic) bond motifs is 1. The van der Waals surface area contributed by atoms with Crippen molar-refractivity contribution in [1.29, 1.82) is 0 Å². The molecule has 0 aliphatic carbocycles. The Bertz CT molecular complexity index is 626. The fraction of sp³-hybridized carbons (Fsp3) is 0. The molecule has 0 aliphatic rings. The van der Waals surface area contributed by atoms with Crippen LogP contribution in [0.4, 0.5) is 4.48 Å². The lowest BCUT2D eigenvalue weighted by atomic mass is 10.1. The van der Waals surface area contributed by atoms with Gasteiger partial charge in [0.05, 0.1) is 11.2 Å². The number of benzene rings is 2. The SMILES string of the molecule is Fn1c(-c2ccccc2)cc2ccccc21. The van der Waals surface area contributed by atoms with E-state index in [1.807, 2.05) is 54.6 Å². The van der Waals surface area contributed by atoms with Crippen molar-refractivity contribution in [3.05, 3.63) is 60.7 Å². The fourth-order valence-electron chi connectivity index (χ4n) is 1.93. The molecule has 0 N–H and O–H groups in total. The molecule has 0 aliphatic heterocycles. The van der Waals surface area contributed by atoms with Gasteiger partial charge in [-0.1, -0.05) is 53.0 Å². The predicted molar refractivity (Wildman–Crippen MR) is 63.9 cm³/mol. The van der Waals surface area contributed by atoms with Crippen molar-refractivity contribution in [2.75, 3.05) is 0 Å². The Hall–Kier alpha value is -2.09. The molecular formula is C14H10FN. The van der Waals surface area contributed by atoms with Crippen molar-refractivity contribution in [2.45, 2.75) is 0 Å². The van der Waals surface area contributed by atoms with Crippen LogP contribution < -0.4 is 0 Å². The highest BCUT2D eigenvalue weighted by Gasteiger charge is 2.08. The van der Waals surface area contributed by atoms with Gasteiger partial charge in [0.15, 0.2) is 0 Å². The molecule has 3 rings (SSSR count). The molecule has 0 saturated carbocycles. The Morgan fingerprint density at radius 2 is 1.50 bits per heavy atom. The van der Waals surface area contributed by atoms with Gasteiger partial charge in [-0.3, -0.25) is 0 Å². The van der Waals surface area contributed by atoms with E-state index in [9.17, 15) is 4.48 Å². The number of hydrogen-bond acceptors (Lipinski definition) is 0. The largest absolute Gasteiger partial charge is 0.179 e. The van der Waals surface area contributed by atoms with E-state index in [2.05, 4.69) is 0 Å². The Morgan fingerprint density at radius 1 is 0.812 bits per heavy atom. The van der Waals surface area contributed by atoms with E-state index in [4.69, 9.17) is 0 Å². The standard InChI is InChI=1S/C14H10FN/c15-16-13-9-5-4-8-12(13)10-14(16)11-6-2-1-3-7-11/h1-10H. The van der Waals surface area contributed by atoms with Crippen molar-refractivity contribution in [3.63, 3.8) is 0 Å². The number of nitrogens with zero attached hydrogens (tertiary/aromatic N) is 1. The van der Waals surface area contributed by atoms with Gasteiger partial charge in [-0.25, -0.2) is 0 Å². The molecule has 1 heterocycles. The predicted octanol–water partition coefficient (Wildman–Crippen LogP) is 4.04. The third kappa shape index (κ3) is 1.31. The van der Waals surface area contributed by atoms with Crippen molar-refractivity contribution in [1.82, 2.24) is 4.79 Å². The molecule has 2 aromatic carbocycles. The van der Waals surface area contributed by atoms with Gasteiger partial charge in [0, 0.05) is 10.9 Å². The summed E-state index contributed by atoms with van der Waals surface area (Å²) in [7, 11) is 0. The van der Waals surface area contributed by atoms with Gasteiger partial charge < -0.3 is 0 Å². The van der Waals surface area contributed by atoms with Gasteiger partial charge in [-0.05, 0) is 12.1 Å². The molecule has 2 heteroatoms.